The number of nitrogens with zero attached hydrogens (tertiary/aromatic N) is 3. The number of sulfonamides is 1. The van der Waals surface area contributed by atoms with Crippen molar-refractivity contribution in [1.29, 1.82) is 0 Å². The number of benzene rings is 1. The summed E-state index contributed by atoms with van der Waals surface area (Å²) in [5.74, 6) is 0.136. The van der Waals surface area contributed by atoms with E-state index in [2.05, 4.69) is 33.7 Å². The highest BCUT2D eigenvalue weighted by atomic mass is 32.2. The van der Waals surface area contributed by atoms with Gasteiger partial charge in [-0.1, -0.05) is 30.7 Å². The molecule has 1 aromatic rings. The highest BCUT2D eigenvalue weighted by Crippen LogP contribution is 2.21. The summed E-state index contributed by atoms with van der Waals surface area (Å²) in [5.41, 5.74) is 2.86. The Balaban J connectivity index is 1.40. The van der Waals surface area contributed by atoms with Crippen LogP contribution < -0.4 is 5.32 Å². The fraction of sp³-hybridized carbons (Fsp3) is 0.455. The van der Waals surface area contributed by atoms with Crippen LogP contribution in [0.1, 0.15) is 37.3 Å². The average Bonchev–Trinajstić information content (AvgIpc) is 2.73. The van der Waals surface area contributed by atoms with Crippen molar-refractivity contribution >= 4 is 21.8 Å². The number of likely N-dealkylation sites (tertiary alicyclic amines) is 1. The summed E-state index contributed by atoms with van der Waals surface area (Å²) in [6, 6.07) is 8.84. The van der Waals surface area contributed by atoms with Crippen molar-refractivity contribution in [1.82, 2.24) is 15.1 Å². The Morgan fingerprint density at radius 2 is 1.97 bits per heavy atom. The molecule has 0 aromatic heterocycles. The predicted octanol–water partition coefficient (Wildman–Crippen LogP) is 2.17. The highest BCUT2D eigenvalue weighted by molar-refractivity contribution is 7.90. The number of piperidine rings is 1. The molecule has 8 heteroatoms. The topological polar surface area (TPSA) is 82.1 Å². The monoisotopic (exact) mass is 428 g/mol. The van der Waals surface area contributed by atoms with Crippen LogP contribution in [0, 0.1) is 0 Å². The van der Waals surface area contributed by atoms with Crippen molar-refractivity contribution in [2.24, 2.45) is 4.40 Å². The summed E-state index contributed by atoms with van der Waals surface area (Å²) in [4.78, 5) is 16.9. The Labute approximate surface area is 178 Å². The first-order valence-corrected chi connectivity index (χ1v) is 12.1. The average molecular weight is 429 g/mol. The first-order chi connectivity index (χ1) is 14.4. The maximum Gasteiger partial charge on any atom is 0.256 e. The Hall–Kier alpha value is -2.45. The van der Waals surface area contributed by atoms with Crippen LogP contribution in [0.25, 0.3) is 0 Å². The van der Waals surface area contributed by atoms with Crippen LogP contribution in [0.4, 0.5) is 0 Å². The van der Waals surface area contributed by atoms with Crippen LogP contribution in [0.15, 0.2) is 52.6 Å². The number of nitrogens with one attached hydrogen (secondary N) is 1. The van der Waals surface area contributed by atoms with Gasteiger partial charge >= 0.3 is 0 Å². The minimum Gasteiger partial charge on any atom is -0.348 e. The summed E-state index contributed by atoms with van der Waals surface area (Å²) in [7, 11) is -3.40. The second-order valence-electron chi connectivity index (χ2n) is 8.11. The van der Waals surface area contributed by atoms with Gasteiger partial charge < -0.3 is 10.2 Å². The zero-order chi connectivity index (χ0) is 21.1. The van der Waals surface area contributed by atoms with E-state index in [9.17, 15) is 13.2 Å². The normalized spacial score (nSPS) is 23.4. The minimum absolute atomic E-state index is 0.0436. The van der Waals surface area contributed by atoms with Gasteiger partial charge in [-0.2, -0.15) is 0 Å². The van der Waals surface area contributed by atoms with Crippen LogP contribution in [0.2, 0.25) is 0 Å². The number of carbonyl (C=O) groups is 1. The molecule has 1 atom stereocenters. The molecule has 1 fully saturated rings. The Morgan fingerprint density at radius 3 is 2.77 bits per heavy atom. The largest absolute Gasteiger partial charge is 0.348 e. The van der Waals surface area contributed by atoms with E-state index in [4.69, 9.17) is 0 Å². The summed E-state index contributed by atoms with van der Waals surface area (Å²) in [5, 5.41) is 3.01. The second kappa shape index (κ2) is 8.73. The molecule has 0 bridgehead atoms. The first kappa shape index (κ1) is 20.8. The van der Waals surface area contributed by atoms with Gasteiger partial charge in [-0.05, 0) is 49.6 Å². The molecule has 1 N–H and O–H groups in total. The molecule has 3 heterocycles. The van der Waals surface area contributed by atoms with E-state index in [1.54, 1.807) is 23.3 Å². The van der Waals surface area contributed by atoms with Crippen LogP contribution >= 0.6 is 0 Å². The summed E-state index contributed by atoms with van der Waals surface area (Å²) in [6.07, 6.45) is 8.65. The standard InChI is InChI=1S/C22H28N4O3S/c1-17-6-4-5-11-25(17)15-19-8-3-2-7-18(19)14-23-22(27)20-9-10-21-24-30(28,29)13-12-26(21)16-20/h2-3,7-10,16-17H,4-6,11-15H2,1H3,(H,23,27)/t17-/m0/s1. The van der Waals surface area contributed by atoms with Crippen molar-refractivity contribution in [2.75, 3.05) is 18.8 Å². The molecule has 0 spiro atoms. The molecule has 0 radical (unpaired) electrons. The van der Waals surface area contributed by atoms with E-state index >= 15 is 0 Å². The number of hydrogen-bond donors (Lipinski definition) is 1. The molecule has 3 aliphatic heterocycles. The highest BCUT2D eigenvalue weighted by Gasteiger charge is 2.25. The summed E-state index contributed by atoms with van der Waals surface area (Å²) in [6.45, 7) is 5.07. The van der Waals surface area contributed by atoms with Crippen molar-refractivity contribution in [3.63, 3.8) is 0 Å². The smallest absolute Gasteiger partial charge is 0.256 e. The molecule has 3 aliphatic rings. The van der Waals surface area contributed by atoms with E-state index in [0.717, 1.165) is 18.7 Å². The lowest BCUT2D eigenvalue weighted by Crippen LogP contribution is -2.38. The Bertz CT molecular complexity index is 1010. The molecule has 4 rings (SSSR count). The van der Waals surface area contributed by atoms with Crippen LogP contribution in [0.5, 0.6) is 0 Å². The van der Waals surface area contributed by atoms with E-state index in [0.29, 0.717) is 30.5 Å². The molecule has 1 aromatic carbocycles. The van der Waals surface area contributed by atoms with Gasteiger partial charge in [-0.25, -0.2) is 8.42 Å². The van der Waals surface area contributed by atoms with Crippen LogP contribution in [-0.4, -0.2) is 54.8 Å². The number of carbonyl (C=O) groups excluding carboxylic acids is 1. The minimum atomic E-state index is -3.40. The lowest BCUT2D eigenvalue weighted by Gasteiger charge is -2.33. The van der Waals surface area contributed by atoms with Gasteiger partial charge in [0.1, 0.15) is 5.84 Å². The van der Waals surface area contributed by atoms with Gasteiger partial charge in [0.25, 0.3) is 15.9 Å². The zero-order valence-electron chi connectivity index (χ0n) is 17.3. The third-order valence-corrected chi connectivity index (χ3v) is 7.12. The van der Waals surface area contributed by atoms with Gasteiger partial charge in [-0.3, -0.25) is 9.69 Å². The molecule has 1 amide bonds. The van der Waals surface area contributed by atoms with Crippen LogP contribution in [-0.2, 0) is 27.9 Å². The van der Waals surface area contributed by atoms with E-state index < -0.39 is 10.0 Å². The van der Waals surface area contributed by atoms with Crippen molar-refractivity contribution in [3.05, 3.63) is 59.3 Å². The van der Waals surface area contributed by atoms with E-state index in [1.165, 1.54) is 24.8 Å². The van der Waals surface area contributed by atoms with E-state index in [1.807, 2.05) is 12.1 Å². The van der Waals surface area contributed by atoms with Crippen molar-refractivity contribution in [2.45, 2.75) is 45.3 Å². The molecule has 0 unspecified atom stereocenters. The maximum atomic E-state index is 12.7. The lowest BCUT2D eigenvalue weighted by atomic mass is 10.0. The Kier molecular flexibility index (Phi) is 6.06. The number of rotatable bonds is 5. The van der Waals surface area contributed by atoms with Gasteiger partial charge in [0.2, 0.25) is 0 Å². The first-order valence-electron chi connectivity index (χ1n) is 10.5. The quantitative estimate of drug-likeness (QED) is 0.777. The predicted molar refractivity (Wildman–Crippen MR) is 117 cm³/mol. The Morgan fingerprint density at radius 1 is 1.17 bits per heavy atom. The van der Waals surface area contributed by atoms with Crippen LogP contribution in [0.3, 0.4) is 0 Å². The van der Waals surface area contributed by atoms with Crippen molar-refractivity contribution in [3.8, 4) is 0 Å². The molecule has 0 aliphatic carbocycles. The number of hydrogen-bond acceptors (Lipinski definition) is 5. The number of amides is 1. The maximum absolute atomic E-state index is 12.7. The fourth-order valence-electron chi connectivity index (χ4n) is 4.11. The lowest BCUT2D eigenvalue weighted by molar-refractivity contribution is -0.117. The van der Waals surface area contributed by atoms with Crippen molar-refractivity contribution < 1.29 is 13.2 Å². The molecule has 30 heavy (non-hydrogen) atoms. The molecular weight excluding hydrogens is 400 g/mol. The zero-order valence-corrected chi connectivity index (χ0v) is 18.1. The van der Waals surface area contributed by atoms with E-state index in [-0.39, 0.29) is 11.7 Å². The fourth-order valence-corrected chi connectivity index (χ4v) is 5.08. The summed E-state index contributed by atoms with van der Waals surface area (Å²) >= 11 is 0. The third-order valence-electron chi connectivity index (χ3n) is 5.96. The molecule has 1 saturated heterocycles. The molecule has 0 saturated carbocycles. The van der Waals surface area contributed by atoms with Gasteiger partial charge in [0.15, 0.2) is 0 Å². The third kappa shape index (κ3) is 4.82. The SMILES string of the molecule is C[C@H]1CCCCN1Cc1ccccc1CNC(=O)C1=CN2CCS(=O)(=O)N=C2C=C1. The van der Waals surface area contributed by atoms with Gasteiger partial charge in [0.05, 0.1) is 11.3 Å². The summed E-state index contributed by atoms with van der Waals surface area (Å²) < 4.78 is 27.0. The molecule has 160 valence electrons. The number of amidine groups is 1. The van der Waals surface area contributed by atoms with Gasteiger partial charge in [-0.15, -0.1) is 4.40 Å². The molecular formula is C22H28N4O3S. The second-order valence-corrected chi connectivity index (χ2v) is 9.87. The molecule has 7 nitrogen and oxygen atoms in total. The number of fused-ring (bicyclic) bond motifs is 1. The van der Waals surface area contributed by atoms with Gasteiger partial charge in [0, 0.05) is 31.9 Å².